The molecule has 0 saturated carbocycles. The number of para-hydroxylation sites is 1. The lowest BCUT2D eigenvalue weighted by molar-refractivity contribution is 0.0591. The Morgan fingerprint density at radius 2 is 0.407 bits per heavy atom. The molecule has 0 aliphatic carbocycles. The van der Waals surface area contributed by atoms with Gasteiger partial charge in [0.2, 0.25) is 0 Å². The third kappa shape index (κ3) is 30.6. The predicted octanol–water partition coefficient (Wildman–Crippen LogP) is 16.3. The number of methoxy groups -OCH3 is 19. The van der Waals surface area contributed by atoms with E-state index in [4.69, 9.17) is 90.0 Å². The minimum Gasteiger partial charge on any atom is -0.497 e. The number of carbonyl (C=O) groups is 12. The molecule has 0 amide bonds. The molecule has 0 fully saturated rings. The number of rotatable bonds is 31. The lowest BCUT2D eigenvalue weighted by Gasteiger charge is -2.14. The lowest BCUT2D eigenvalue weighted by Crippen LogP contribution is -2.12. The molecular weight excluding hydrogens is 1830 g/mol. The molecule has 12 aromatic rings. The molecule has 732 valence electrons. The van der Waals surface area contributed by atoms with Crippen molar-refractivity contribution in [3.05, 3.63) is 315 Å². The molecule has 140 heavy (non-hydrogen) atoms. The zero-order valence-corrected chi connectivity index (χ0v) is 79.3. The van der Waals surface area contributed by atoms with E-state index in [0.29, 0.717) is 125 Å². The fourth-order valence-corrected chi connectivity index (χ4v) is 11.8. The van der Waals surface area contributed by atoms with E-state index >= 15 is 0 Å². The van der Waals surface area contributed by atoms with E-state index in [-0.39, 0.29) is 50.8 Å². The number of hydrogen-bond donors (Lipinski definition) is 0. The number of esters is 12. The third-order valence-corrected chi connectivity index (χ3v) is 19.0. The van der Waals surface area contributed by atoms with Gasteiger partial charge in [0.25, 0.3) is 0 Å². The van der Waals surface area contributed by atoms with E-state index in [0.717, 1.165) is 0 Å². The van der Waals surface area contributed by atoms with Crippen molar-refractivity contribution in [2.75, 3.05) is 135 Å². The average molecular weight is 1930 g/mol. The zero-order valence-electron chi connectivity index (χ0n) is 79.3. The fraction of sp³-hybridized carbons (Fsp3) is 0.184. The van der Waals surface area contributed by atoms with Crippen molar-refractivity contribution < 1.29 is 176 Å². The van der Waals surface area contributed by atoms with Crippen molar-refractivity contribution in [1.82, 2.24) is 0 Å². The van der Waals surface area contributed by atoms with Crippen LogP contribution in [0, 0.1) is 0 Å². The van der Waals surface area contributed by atoms with Gasteiger partial charge in [-0.15, -0.1) is 0 Å². The van der Waals surface area contributed by atoms with Crippen LogP contribution in [0.3, 0.4) is 0 Å². The van der Waals surface area contributed by atoms with Gasteiger partial charge in [-0.05, 0) is 218 Å². The van der Waals surface area contributed by atoms with Gasteiger partial charge >= 0.3 is 71.6 Å². The van der Waals surface area contributed by atoms with Crippen molar-refractivity contribution in [1.29, 1.82) is 0 Å². The molecule has 12 rings (SSSR count). The van der Waals surface area contributed by atoms with Crippen LogP contribution in [0.2, 0.25) is 0 Å². The first kappa shape index (κ1) is 109. The molecule has 37 nitrogen and oxygen atoms in total. The molecule has 0 aromatic heterocycles. The largest absolute Gasteiger partial charge is 0.497 e. The van der Waals surface area contributed by atoms with Crippen LogP contribution in [0.15, 0.2) is 249 Å². The Labute approximate surface area is 803 Å². The van der Waals surface area contributed by atoms with Crippen molar-refractivity contribution in [3.8, 4) is 109 Å². The van der Waals surface area contributed by atoms with Gasteiger partial charge in [0.15, 0.2) is 23.0 Å². The standard InChI is InChI=1S/C18H18O7.5C17H16O6/c1-21-13-9-14(22-2)16(15(10-13)23-3)18(20)25-12-7-5-11(6-8-12)17(19)24-4;1-20-14-9-6-12(10-15(14)21-2)17(19)23-13-7-4-11(5-8-13)16(18)22-3;1-20-13-8-9-15(21-2)14(10-13)17(19)23-12-6-4-11(5-7-12)16(18)22-3;1-20-13-8-9-14(15(10-13)21-2)17(19)23-12-6-4-11(5-7-12)16(18)22-3;1-20-13-5-4-6-14(21-2)15(13)17(19)23-12-9-7-11(8-10-12)16(18)22-3;1-20-14-6-4-5-13(15(14)21-2)17(19)23-12-9-7-11(8-10-12)16(18)22-3/h5-10H,1-4H3;5*4-10H,1-3H3. The number of hydrogen-bond acceptors (Lipinski definition) is 37. The van der Waals surface area contributed by atoms with Crippen LogP contribution in [-0.2, 0) is 28.4 Å². The van der Waals surface area contributed by atoms with Gasteiger partial charge < -0.3 is 118 Å². The monoisotopic (exact) mass is 1930 g/mol. The maximum absolute atomic E-state index is 12.5. The van der Waals surface area contributed by atoms with E-state index in [9.17, 15) is 57.5 Å². The summed E-state index contributed by atoms with van der Waals surface area (Å²) in [6.45, 7) is 0. The van der Waals surface area contributed by atoms with Crippen molar-refractivity contribution in [2.45, 2.75) is 0 Å². The molecule has 0 aliphatic rings. The van der Waals surface area contributed by atoms with Crippen molar-refractivity contribution in [2.24, 2.45) is 0 Å². The van der Waals surface area contributed by atoms with Gasteiger partial charge in [-0.3, -0.25) is 0 Å². The third-order valence-electron chi connectivity index (χ3n) is 19.0. The van der Waals surface area contributed by atoms with Crippen LogP contribution in [0.4, 0.5) is 0 Å². The first-order valence-corrected chi connectivity index (χ1v) is 40.8. The molecule has 0 N–H and O–H groups in total. The maximum atomic E-state index is 12.5. The number of benzene rings is 12. The minimum absolute atomic E-state index is 0.128. The molecule has 12 aromatic carbocycles. The Balaban J connectivity index is 0.000000228. The quantitative estimate of drug-likeness (QED) is 0.0221. The Morgan fingerprint density at radius 3 is 0.729 bits per heavy atom. The SMILES string of the molecule is COC(=O)c1ccc(OC(=O)c2c(OC)cc(OC)cc2OC)cc1.COC(=O)c1ccc(OC(=O)c2c(OC)cccc2OC)cc1.COC(=O)c1ccc(OC(=O)c2cc(OC)ccc2OC)cc1.COC(=O)c1ccc(OC(=O)c2ccc(OC)c(OC)c2)cc1.COC(=O)c1ccc(OC(=O)c2ccc(OC)cc2OC)cc1.COC(=O)c1ccc(OC(=O)c2cccc(OC)c2OC)cc1. The Kier molecular flexibility index (Phi) is 43.0. The molecule has 0 spiro atoms. The van der Waals surface area contributed by atoms with Crippen molar-refractivity contribution in [3.63, 3.8) is 0 Å². The molecule has 0 heterocycles. The van der Waals surface area contributed by atoms with E-state index in [2.05, 4.69) is 28.4 Å². The van der Waals surface area contributed by atoms with Crippen LogP contribution in [-0.4, -0.2) is 207 Å². The second kappa shape index (κ2) is 55.4. The Bertz CT molecular complexity index is 6130. The lowest BCUT2D eigenvalue weighted by atomic mass is 10.1. The first-order chi connectivity index (χ1) is 67.5. The van der Waals surface area contributed by atoms with Crippen LogP contribution in [0.25, 0.3) is 0 Å². The summed E-state index contributed by atoms with van der Waals surface area (Å²) >= 11 is 0. The van der Waals surface area contributed by atoms with Gasteiger partial charge in [0.05, 0.1) is 174 Å². The summed E-state index contributed by atoms with van der Waals surface area (Å²) in [6, 6.07) is 63.6. The second-order valence-corrected chi connectivity index (χ2v) is 27.1. The van der Waals surface area contributed by atoms with Crippen molar-refractivity contribution >= 4 is 71.6 Å². The summed E-state index contributed by atoms with van der Waals surface area (Å²) < 4.78 is 126. The summed E-state index contributed by atoms with van der Waals surface area (Å²) in [4.78, 5) is 142. The molecule has 0 atom stereocenters. The van der Waals surface area contributed by atoms with E-state index in [1.807, 2.05) is 0 Å². The highest BCUT2D eigenvalue weighted by Gasteiger charge is 2.27. The maximum Gasteiger partial charge on any atom is 0.351 e. The smallest absolute Gasteiger partial charge is 0.351 e. The van der Waals surface area contributed by atoms with E-state index in [1.54, 1.807) is 91.0 Å². The van der Waals surface area contributed by atoms with Gasteiger partial charge in [-0.25, -0.2) is 57.5 Å². The Morgan fingerprint density at radius 1 is 0.150 bits per heavy atom. The summed E-state index contributed by atoms with van der Waals surface area (Å²) in [7, 11) is 26.9. The van der Waals surface area contributed by atoms with Crippen LogP contribution in [0.1, 0.15) is 124 Å². The second-order valence-electron chi connectivity index (χ2n) is 27.1. The molecule has 0 bridgehead atoms. The number of carbonyl (C=O) groups excluding carboxylic acids is 12. The van der Waals surface area contributed by atoms with E-state index in [1.165, 1.54) is 293 Å². The topological polar surface area (TPSA) is 436 Å². The summed E-state index contributed by atoms with van der Waals surface area (Å²) in [5.41, 5.74) is 3.57. The predicted molar refractivity (Wildman–Crippen MR) is 500 cm³/mol. The van der Waals surface area contributed by atoms with Gasteiger partial charge in [-0.1, -0.05) is 12.1 Å². The molecular formula is C103H98O37. The normalized spacial score (nSPS) is 9.88. The molecule has 37 heteroatoms. The summed E-state index contributed by atoms with van der Waals surface area (Å²) in [6.07, 6.45) is 0. The van der Waals surface area contributed by atoms with Crippen LogP contribution >= 0.6 is 0 Å². The highest BCUT2D eigenvalue weighted by Crippen LogP contribution is 2.38. The highest BCUT2D eigenvalue weighted by atomic mass is 16.6. The minimum atomic E-state index is -0.665. The zero-order chi connectivity index (χ0) is 102. The highest BCUT2D eigenvalue weighted by molar-refractivity contribution is 6.01. The van der Waals surface area contributed by atoms with Gasteiger partial charge in [0.1, 0.15) is 114 Å². The average Bonchev–Trinajstić information content (AvgIpc) is 0.792. The summed E-state index contributed by atoms with van der Waals surface area (Å²) in [5.74, 6) is 0.589. The van der Waals surface area contributed by atoms with Gasteiger partial charge in [0, 0.05) is 18.2 Å². The fourth-order valence-electron chi connectivity index (χ4n) is 11.8. The first-order valence-electron chi connectivity index (χ1n) is 40.8. The molecule has 0 unspecified atom stereocenters. The van der Waals surface area contributed by atoms with Crippen LogP contribution < -0.4 is 90.0 Å². The molecule has 0 radical (unpaired) electrons. The van der Waals surface area contributed by atoms with Gasteiger partial charge in [-0.2, -0.15) is 0 Å². The van der Waals surface area contributed by atoms with E-state index < -0.39 is 71.6 Å². The summed E-state index contributed by atoms with van der Waals surface area (Å²) in [5, 5.41) is 0. The Hall–Kier alpha value is -18.3. The molecule has 0 saturated heterocycles. The van der Waals surface area contributed by atoms with Crippen LogP contribution in [0.5, 0.6) is 109 Å². The number of ether oxygens (including phenoxy) is 25. The molecule has 0 aliphatic heterocycles.